The van der Waals surface area contributed by atoms with Crippen molar-refractivity contribution in [3.8, 4) is 6.01 Å². The number of aryl methyl sites for hydroxylation is 1. The van der Waals surface area contributed by atoms with Gasteiger partial charge < -0.3 is 10.1 Å². The fourth-order valence-electron chi connectivity index (χ4n) is 1.52. The minimum Gasteiger partial charge on any atom is -0.464 e. The molecule has 20 heavy (non-hydrogen) atoms. The second-order valence-electron chi connectivity index (χ2n) is 3.93. The molecule has 0 radical (unpaired) electrons. The molecule has 0 spiro atoms. The summed E-state index contributed by atoms with van der Waals surface area (Å²) in [6.07, 6.45) is 0. The van der Waals surface area contributed by atoms with Gasteiger partial charge in [0.25, 0.3) is 0 Å². The zero-order valence-electron chi connectivity index (χ0n) is 11.1. The molecule has 0 aliphatic heterocycles. The largest absolute Gasteiger partial charge is 0.464 e. The molecule has 1 aromatic carbocycles. The van der Waals surface area contributed by atoms with Gasteiger partial charge in [0, 0.05) is 9.26 Å². The number of benzene rings is 1. The van der Waals surface area contributed by atoms with E-state index in [1.54, 1.807) is 0 Å². The van der Waals surface area contributed by atoms with E-state index in [0.29, 0.717) is 12.6 Å². The van der Waals surface area contributed by atoms with Gasteiger partial charge in [-0.15, -0.1) is 0 Å². The third-order valence-electron chi connectivity index (χ3n) is 2.46. The Morgan fingerprint density at radius 1 is 1.25 bits per heavy atom. The minimum atomic E-state index is 0.223. The van der Waals surface area contributed by atoms with Crippen molar-refractivity contribution < 1.29 is 4.74 Å². The van der Waals surface area contributed by atoms with Crippen LogP contribution in [0.1, 0.15) is 12.5 Å². The Hall–Kier alpha value is -1.68. The Labute approximate surface area is 130 Å². The lowest BCUT2D eigenvalue weighted by Gasteiger charge is -2.10. The highest BCUT2D eigenvalue weighted by Gasteiger charge is 2.08. The first-order valence-electron chi connectivity index (χ1n) is 6.01. The summed E-state index contributed by atoms with van der Waals surface area (Å²) in [5.41, 5.74) is 4.41. The first kappa shape index (κ1) is 14.7. The number of aromatic nitrogens is 3. The van der Waals surface area contributed by atoms with Crippen molar-refractivity contribution in [1.82, 2.24) is 15.0 Å². The van der Waals surface area contributed by atoms with Gasteiger partial charge in [-0.25, -0.2) is 5.84 Å². The minimum absolute atomic E-state index is 0.223. The second kappa shape index (κ2) is 6.66. The molecule has 0 saturated carbocycles. The fourth-order valence-corrected chi connectivity index (χ4v) is 2.01. The van der Waals surface area contributed by atoms with Crippen molar-refractivity contribution in [2.45, 2.75) is 13.8 Å². The SMILES string of the molecule is CCOc1nc(NN)nc(Nc2cc(I)ccc2C)n1. The summed E-state index contributed by atoms with van der Waals surface area (Å²) in [6.45, 7) is 4.33. The van der Waals surface area contributed by atoms with Crippen LogP contribution in [-0.2, 0) is 0 Å². The summed E-state index contributed by atoms with van der Waals surface area (Å²) < 4.78 is 6.40. The summed E-state index contributed by atoms with van der Waals surface area (Å²) >= 11 is 2.25. The predicted octanol–water partition coefficient (Wildman–Crippen LogP) is 2.21. The van der Waals surface area contributed by atoms with Crippen LogP contribution in [0.4, 0.5) is 17.6 Å². The molecule has 1 aromatic heterocycles. The number of rotatable bonds is 5. The Bertz CT molecular complexity index is 606. The van der Waals surface area contributed by atoms with Gasteiger partial charge in [-0.05, 0) is 54.1 Å². The molecular formula is C12H15IN6O. The second-order valence-corrected chi connectivity index (χ2v) is 5.17. The van der Waals surface area contributed by atoms with Crippen LogP contribution in [0.15, 0.2) is 18.2 Å². The number of ether oxygens (including phenoxy) is 1. The van der Waals surface area contributed by atoms with Crippen LogP contribution in [0.25, 0.3) is 0 Å². The Morgan fingerprint density at radius 3 is 2.70 bits per heavy atom. The number of nitrogens with zero attached hydrogens (tertiary/aromatic N) is 3. The van der Waals surface area contributed by atoms with Gasteiger partial charge in [0.2, 0.25) is 11.9 Å². The van der Waals surface area contributed by atoms with Crippen LogP contribution in [-0.4, -0.2) is 21.6 Å². The third-order valence-corrected chi connectivity index (χ3v) is 3.13. The molecular weight excluding hydrogens is 371 g/mol. The highest BCUT2D eigenvalue weighted by Crippen LogP contribution is 2.22. The number of anilines is 3. The quantitative estimate of drug-likeness (QED) is 0.412. The molecule has 1 heterocycles. The smallest absolute Gasteiger partial charge is 0.323 e. The van der Waals surface area contributed by atoms with Crippen molar-refractivity contribution >= 4 is 40.2 Å². The molecule has 0 aliphatic carbocycles. The van der Waals surface area contributed by atoms with Gasteiger partial charge in [0.1, 0.15) is 0 Å². The van der Waals surface area contributed by atoms with E-state index >= 15 is 0 Å². The van der Waals surface area contributed by atoms with Crippen LogP contribution in [0, 0.1) is 10.5 Å². The number of halogens is 1. The average molecular weight is 386 g/mol. The fraction of sp³-hybridized carbons (Fsp3) is 0.250. The maximum Gasteiger partial charge on any atom is 0.323 e. The van der Waals surface area contributed by atoms with E-state index in [-0.39, 0.29) is 12.0 Å². The molecule has 0 saturated heterocycles. The molecule has 106 valence electrons. The Kier molecular flexibility index (Phi) is 4.90. The molecule has 0 amide bonds. The molecule has 0 atom stereocenters. The van der Waals surface area contributed by atoms with Gasteiger partial charge >= 0.3 is 6.01 Å². The topological polar surface area (TPSA) is 98.0 Å². The molecule has 0 unspecified atom stereocenters. The van der Waals surface area contributed by atoms with E-state index in [1.165, 1.54) is 0 Å². The monoisotopic (exact) mass is 386 g/mol. The number of nitrogens with two attached hydrogens (primary N) is 1. The lowest BCUT2D eigenvalue weighted by Crippen LogP contribution is -2.13. The molecule has 2 aromatic rings. The lowest BCUT2D eigenvalue weighted by atomic mass is 10.2. The maximum atomic E-state index is 5.34. The van der Waals surface area contributed by atoms with Crippen molar-refractivity contribution in [2.75, 3.05) is 17.3 Å². The van der Waals surface area contributed by atoms with Crippen LogP contribution < -0.4 is 21.3 Å². The van der Waals surface area contributed by atoms with Gasteiger partial charge in [-0.1, -0.05) is 6.07 Å². The first-order valence-corrected chi connectivity index (χ1v) is 7.09. The summed E-state index contributed by atoms with van der Waals surface area (Å²) in [6, 6.07) is 6.29. The van der Waals surface area contributed by atoms with E-state index in [2.05, 4.69) is 48.3 Å². The van der Waals surface area contributed by atoms with Crippen LogP contribution in [0.5, 0.6) is 6.01 Å². The van der Waals surface area contributed by atoms with E-state index < -0.39 is 0 Å². The van der Waals surface area contributed by atoms with Gasteiger partial charge in [0.15, 0.2) is 0 Å². The Balaban J connectivity index is 2.32. The zero-order chi connectivity index (χ0) is 14.5. The molecule has 8 heteroatoms. The highest BCUT2D eigenvalue weighted by atomic mass is 127. The summed E-state index contributed by atoms with van der Waals surface area (Å²) in [4.78, 5) is 12.3. The first-order chi connectivity index (χ1) is 9.62. The number of hydrogen-bond donors (Lipinski definition) is 3. The van der Waals surface area contributed by atoms with Crippen molar-refractivity contribution in [2.24, 2.45) is 5.84 Å². The number of nitrogens with one attached hydrogen (secondary N) is 2. The van der Waals surface area contributed by atoms with Crippen LogP contribution >= 0.6 is 22.6 Å². The summed E-state index contributed by atoms with van der Waals surface area (Å²) in [5.74, 6) is 5.96. The lowest BCUT2D eigenvalue weighted by molar-refractivity contribution is 0.312. The van der Waals surface area contributed by atoms with Crippen molar-refractivity contribution in [3.05, 3.63) is 27.3 Å². The predicted molar refractivity (Wildman–Crippen MR) is 86.0 cm³/mol. The van der Waals surface area contributed by atoms with E-state index in [9.17, 15) is 0 Å². The van der Waals surface area contributed by atoms with Crippen molar-refractivity contribution in [1.29, 1.82) is 0 Å². The molecule has 0 bridgehead atoms. The molecule has 2 rings (SSSR count). The number of hydrazine groups is 1. The molecule has 0 fully saturated rings. The zero-order valence-corrected chi connectivity index (χ0v) is 13.3. The van der Waals surface area contributed by atoms with Gasteiger partial charge in [-0.3, -0.25) is 5.43 Å². The normalized spacial score (nSPS) is 10.2. The number of hydrogen-bond acceptors (Lipinski definition) is 7. The van der Waals surface area contributed by atoms with E-state index in [4.69, 9.17) is 10.6 Å². The summed E-state index contributed by atoms with van der Waals surface area (Å²) in [7, 11) is 0. The van der Waals surface area contributed by atoms with E-state index in [1.807, 2.05) is 32.0 Å². The van der Waals surface area contributed by atoms with E-state index in [0.717, 1.165) is 14.8 Å². The van der Waals surface area contributed by atoms with Crippen LogP contribution in [0.3, 0.4) is 0 Å². The standard InChI is InChI=1S/C12H15IN6O/c1-3-20-12-17-10(16-11(18-12)19-14)15-9-6-8(13)5-4-7(9)2/h4-6H,3,14H2,1-2H3,(H2,15,16,17,18,19). The molecule has 0 aliphatic rings. The molecule has 7 nitrogen and oxygen atoms in total. The highest BCUT2D eigenvalue weighted by molar-refractivity contribution is 14.1. The third kappa shape index (κ3) is 3.67. The maximum absolute atomic E-state index is 5.34. The van der Waals surface area contributed by atoms with Crippen molar-refractivity contribution in [3.63, 3.8) is 0 Å². The van der Waals surface area contributed by atoms with Gasteiger partial charge in [-0.2, -0.15) is 15.0 Å². The average Bonchev–Trinajstić information content (AvgIpc) is 2.43. The van der Waals surface area contributed by atoms with Gasteiger partial charge in [0.05, 0.1) is 6.61 Å². The number of nitrogen functional groups attached to an aromatic ring is 1. The van der Waals surface area contributed by atoms with Crippen LogP contribution in [0.2, 0.25) is 0 Å². The molecule has 4 N–H and O–H groups in total. The Morgan fingerprint density at radius 2 is 2.00 bits per heavy atom. The summed E-state index contributed by atoms with van der Waals surface area (Å²) in [5, 5.41) is 3.14.